The number of pyridine rings is 1. The molecule has 4 aromatic rings. The standard InChI is InChI=1S/C22H21N7OS.ClH/c1-14-11-25-22(28-20(14)15-2-4-18-17(10-15)26-13-31-18)27-19-5-3-16(12-24-19)21(30)29-8-6-23-7-9-29;/h2-5,10-13,23H,6-9H2,1H3,(H,24,25,27,28);1H. The molecule has 32 heavy (non-hydrogen) atoms. The van der Waals surface area contributed by atoms with Crippen molar-refractivity contribution in [2.45, 2.75) is 6.92 Å². The van der Waals surface area contributed by atoms with Gasteiger partial charge in [0.1, 0.15) is 5.82 Å². The Labute approximate surface area is 195 Å². The van der Waals surface area contributed by atoms with Gasteiger partial charge in [-0.15, -0.1) is 23.7 Å². The first-order chi connectivity index (χ1) is 15.2. The number of rotatable bonds is 4. The summed E-state index contributed by atoms with van der Waals surface area (Å²) in [5.74, 6) is 1.04. The van der Waals surface area contributed by atoms with E-state index in [1.54, 1.807) is 35.9 Å². The number of thiazole rings is 1. The van der Waals surface area contributed by atoms with Crippen LogP contribution >= 0.6 is 23.7 Å². The summed E-state index contributed by atoms with van der Waals surface area (Å²) in [7, 11) is 0. The Bertz CT molecular complexity index is 1240. The number of fused-ring (bicyclic) bond motifs is 1. The summed E-state index contributed by atoms with van der Waals surface area (Å²) in [5.41, 5.74) is 6.20. The minimum Gasteiger partial charge on any atom is -0.336 e. The number of aromatic nitrogens is 4. The molecular formula is C22H22ClN7OS. The zero-order valence-electron chi connectivity index (χ0n) is 17.4. The third-order valence-electron chi connectivity index (χ3n) is 5.23. The summed E-state index contributed by atoms with van der Waals surface area (Å²) < 4.78 is 1.15. The smallest absolute Gasteiger partial charge is 0.255 e. The maximum Gasteiger partial charge on any atom is 0.255 e. The highest BCUT2D eigenvalue weighted by Crippen LogP contribution is 2.27. The van der Waals surface area contributed by atoms with Crippen molar-refractivity contribution in [2.24, 2.45) is 0 Å². The van der Waals surface area contributed by atoms with Gasteiger partial charge in [0.15, 0.2) is 0 Å². The second kappa shape index (κ2) is 9.56. The molecule has 3 aromatic heterocycles. The van der Waals surface area contributed by atoms with Crippen molar-refractivity contribution < 1.29 is 4.79 Å². The molecule has 0 unspecified atom stereocenters. The Morgan fingerprint density at radius 1 is 1.09 bits per heavy atom. The maximum absolute atomic E-state index is 12.6. The van der Waals surface area contributed by atoms with Crippen molar-refractivity contribution in [1.82, 2.24) is 30.2 Å². The number of anilines is 2. The highest BCUT2D eigenvalue weighted by atomic mass is 35.5. The van der Waals surface area contributed by atoms with Crippen molar-refractivity contribution in [2.75, 3.05) is 31.5 Å². The molecule has 0 radical (unpaired) electrons. The number of nitrogens with one attached hydrogen (secondary N) is 2. The third-order valence-corrected chi connectivity index (χ3v) is 6.04. The van der Waals surface area contributed by atoms with Crippen LogP contribution in [0.25, 0.3) is 21.5 Å². The second-order valence-electron chi connectivity index (χ2n) is 7.36. The van der Waals surface area contributed by atoms with E-state index < -0.39 is 0 Å². The SMILES string of the molecule is Cc1cnc(Nc2ccc(C(=O)N3CCNCC3)cn2)nc1-c1ccc2scnc2c1.Cl. The Morgan fingerprint density at radius 2 is 1.94 bits per heavy atom. The van der Waals surface area contributed by atoms with Gasteiger partial charge >= 0.3 is 0 Å². The molecule has 164 valence electrons. The van der Waals surface area contributed by atoms with E-state index in [1.165, 1.54) is 0 Å². The highest BCUT2D eigenvalue weighted by Gasteiger charge is 2.18. The summed E-state index contributed by atoms with van der Waals surface area (Å²) in [6.45, 7) is 5.05. The number of piperazine rings is 1. The van der Waals surface area contributed by atoms with Crippen molar-refractivity contribution in [3.8, 4) is 11.3 Å². The lowest BCUT2D eigenvalue weighted by molar-refractivity contribution is 0.0735. The van der Waals surface area contributed by atoms with Crippen molar-refractivity contribution >= 4 is 51.6 Å². The van der Waals surface area contributed by atoms with Crippen molar-refractivity contribution in [1.29, 1.82) is 0 Å². The van der Waals surface area contributed by atoms with E-state index in [1.807, 2.05) is 29.5 Å². The van der Waals surface area contributed by atoms with Gasteiger partial charge in [0.05, 0.1) is 27.0 Å². The number of carbonyl (C=O) groups excluding carboxylic acids is 1. The summed E-state index contributed by atoms with van der Waals surface area (Å²) >= 11 is 1.62. The molecule has 4 heterocycles. The molecule has 1 fully saturated rings. The molecule has 0 bridgehead atoms. The van der Waals surface area contributed by atoms with Crippen LogP contribution in [0.5, 0.6) is 0 Å². The predicted molar refractivity (Wildman–Crippen MR) is 129 cm³/mol. The van der Waals surface area contributed by atoms with Crippen LogP contribution in [0.2, 0.25) is 0 Å². The lowest BCUT2D eigenvalue weighted by atomic mass is 10.1. The lowest BCUT2D eigenvalue weighted by Gasteiger charge is -2.27. The molecule has 0 atom stereocenters. The van der Waals surface area contributed by atoms with Crippen LogP contribution in [0.4, 0.5) is 11.8 Å². The number of hydrogen-bond acceptors (Lipinski definition) is 8. The second-order valence-corrected chi connectivity index (χ2v) is 8.25. The normalized spacial score (nSPS) is 13.6. The van der Waals surface area contributed by atoms with E-state index in [2.05, 4.69) is 31.7 Å². The number of nitrogens with zero attached hydrogens (tertiary/aromatic N) is 5. The van der Waals surface area contributed by atoms with Crippen LogP contribution in [-0.2, 0) is 0 Å². The van der Waals surface area contributed by atoms with E-state index in [4.69, 9.17) is 4.98 Å². The lowest BCUT2D eigenvalue weighted by Crippen LogP contribution is -2.46. The molecule has 1 saturated heterocycles. The average Bonchev–Trinajstić information content (AvgIpc) is 3.29. The zero-order chi connectivity index (χ0) is 21.2. The van der Waals surface area contributed by atoms with Gasteiger partial charge in [0.25, 0.3) is 5.91 Å². The molecule has 8 nitrogen and oxygen atoms in total. The largest absolute Gasteiger partial charge is 0.336 e. The molecule has 1 aliphatic heterocycles. The van der Waals surface area contributed by atoms with Crippen LogP contribution in [0.3, 0.4) is 0 Å². The molecule has 2 N–H and O–H groups in total. The fourth-order valence-corrected chi connectivity index (χ4v) is 4.22. The quantitative estimate of drug-likeness (QED) is 0.472. The number of amides is 1. The van der Waals surface area contributed by atoms with Gasteiger partial charge in [-0.25, -0.2) is 19.9 Å². The van der Waals surface area contributed by atoms with Gasteiger partial charge < -0.3 is 15.5 Å². The number of benzene rings is 1. The molecule has 5 rings (SSSR count). The molecule has 0 spiro atoms. The molecule has 0 aliphatic carbocycles. The van der Waals surface area contributed by atoms with E-state index in [9.17, 15) is 4.79 Å². The number of halogens is 1. The zero-order valence-corrected chi connectivity index (χ0v) is 19.0. The number of aryl methyl sites for hydroxylation is 1. The summed E-state index contributed by atoms with van der Waals surface area (Å²) in [4.78, 5) is 32.3. The van der Waals surface area contributed by atoms with E-state index in [0.717, 1.165) is 40.1 Å². The Kier molecular flexibility index (Phi) is 6.59. The number of hydrogen-bond donors (Lipinski definition) is 2. The summed E-state index contributed by atoms with van der Waals surface area (Å²) in [6.07, 6.45) is 3.39. The molecule has 1 aromatic carbocycles. The fraction of sp³-hybridized carbons (Fsp3) is 0.227. The fourth-order valence-electron chi connectivity index (χ4n) is 3.56. The highest BCUT2D eigenvalue weighted by molar-refractivity contribution is 7.16. The average molecular weight is 468 g/mol. The monoisotopic (exact) mass is 467 g/mol. The van der Waals surface area contributed by atoms with Crippen LogP contribution in [-0.4, -0.2) is 56.9 Å². The van der Waals surface area contributed by atoms with Crippen LogP contribution < -0.4 is 10.6 Å². The molecule has 1 amide bonds. The molecule has 0 saturated carbocycles. The summed E-state index contributed by atoms with van der Waals surface area (Å²) in [5, 5.41) is 6.39. The van der Waals surface area contributed by atoms with Crippen LogP contribution in [0.15, 0.2) is 48.2 Å². The van der Waals surface area contributed by atoms with Crippen LogP contribution in [0, 0.1) is 6.92 Å². The van der Waals surface area contributed by atoms with E-state index in [0.29, 0.717) is 30.4 Å². The van der Waals surface area contributed by atoms with Crippen molar-refractivity contribution in [3.63, 3.8) is 0 Å². The Balaban J connectivity index is 0.00000245. The third kappa shape index (κ3) is 4.55. The molecule has 1 aliphatic rings. The van der Waals surface area contributed by atoms with E-state index in [-0.39, 0.29) is 18.3 Å². The first-order valence-corrected chi connectivity index (χ1v) is 11.0. The van der Waals surface area contributed by atoms with Gasteiger partial charge in [0, 0.05) is 44.1 Å². The molecular weight excluding hydrogens is 446 g/mol. The number of carbonyl (C=O) groups is 1. The van der Waals surface area contributed by atoms with Crippen molar-refractivity contribution in [3.05, 3.63) is 59.4 Å². The van der Waals surface area contributed by atoms with Gasteiger partial charge in [-0.2, -0.15) is 0 Å². The van der Waals surface area contributed by atoms with E-state index >= 15 is 0 Å². The first kappa shape index (κ1) is 22.1. The molecule has 10 heteroatoms. The maximum atomic E-state index is 12.6. The predicted octanol–water partition coefficient (Wildman–Crippen LogP) is 3.67. The topological polar surface area (TPSA) is 95.9 Å². The summed E-state index contributed by atoms with van der Waals surface area (Å²) in [6, 6.07) is 9.71. The minimum absolute atomic E-state index is 0. The Hall–Kier alpha value is -3.14. The minimum atomic E-state index is 0. The Morgan fingerprint density at radius 3 is 2.72 bits per heavy atom. The van der Waals surface area contributed by atoms with Gasteiger partial charge in [0.2, 0.25) is 5.95 Å². The first-order valence-electron chi connectivity index (χ1n) is 10.1. The van der Waals surface area contributed by atoms with Gasteiger partial charge in [-0.3, -0.25) is 4.79 Å². The van der Waals surface area contributed by atoms with Crippen LogP contribution in [0.1, 0.15) is 15.9 Å². The van der Waals surface area contributed by atoms with Gasteiger partial charge in [-0.1, -0.05) is 6.07 Å². The van der Waals surface area contributed by atoms with Gasteiger partial charge in [-0.05, 0) is 36.8 Å².